The highest BCUT2D eigenvalue weighted by molar-refractivity contribution is 6.12. The van der Waals surface area contributed by atoms with Crippen molar-refractivity contribution in [2.45, 2.75) is 0 Å². The van der Waals surface area contributed by atoms with Crippen LogP contribution in [0.15, 0.2) is 176 Å². The lowest BCUT2D eigenvalue weighted by atomic mass is 9.98. The molecule has 11 aromatic rings. The van der Waals surface area contributed by atoms with Gasteiger partial charge in [0.2, 0.25) is 5.95 Å². The number of rotatable bonds is 4. The quantitative estimate of drug-likeness (QED) is 0.185. The van der Waals surface area contributed by atoms with Crippen molar-refractivity contribution in [1.82, 2.24) is 19.1 Å². The molecule has 0 aliphatic rings. The van der Waals surface area contributed by atoms with Gasteiger partial charge in [-0.15, -0.1) is 0 Å². The Labute approximate surface area is 310 Å². The van der Waals surface area contributed by atoms with E-state index in [0.29, 0.717) is 11.6 Å². The summed E-state index contributed by atoms with van der Waals surface area (Å²) < 4.78 is 4.45. The molecule has 0 aliphatic carbocycles. The molecule has 3 heterocycles. The van der Waals surface area contributed by atoms with Crippen molar-refractivity contribution in [2.75, 3.05) is 0 Å². The molecule has 0 bridgehead atoms. The molecule has 0 unspecified atom stereocenters. The zero-order valence-corrected chi connectivity index (χ0v) is 29.0. The maximum Gasteiger partial charge on any atom is 0.236 e. The van der Waals surface area contributed by atoms with E-state index in [2.05, 4.69) is 161 Å². The maximum absolute atomic E-state index is 9.99. The molecule has 0 aliphatic heterocycles. The number of aromatic nitrogens is 4. The van der Waals surface area contributed by atoms with Gasteiger partial charge in [0.05, 0.1) is 27.6 Å². The summed E-state index contributed by atoms with van der Waals surface area (Å²) in [5.74, 6) is 0.489. The number of benzene rings is 8. The fourth-order valence-electron chi connectivity index (χ4n) is 8.32. The highest BCUT2D eigenvalue weighted by Gasteiger charge is 2.18. The number of para-hydroxylation sites is 3. The highest BCUT2D eigenvalue weighted by atomic mass is 15.2. The van der Waals surface area contributed by atoms with Crippen LogP contribution in [0.4, 0.5) is 0 Å². The molecule has 3 aromatic heterocycles. The molecule has 54 heavy (non-hydrogen) atoms. The molecule has 0 atom stereocenters. The van der Waals surface area contributed by atoms with Gasteiger partial charge in [-0.1, -0.05) is 115 Å². The molecule has 0 saturated carbocycles. The van der Waals surface area contributed by atoms with E-state index in [4.69, 9.17) is 9.97 Å². The Morgan fingerprint density at radius 3 is 1.65 bits per heavy atom. The third kappa shape index (κ3) is 4.51. The molecule has 0 saturated heterocycles. The molecule has 11 rings (SSSR count). The number of nitrogens with zero attached hydrogens (tertiary/aromatic N) is 5. The first-order valence-corrected chi connectivity index (χ1v) is 18.1. The van der Waals surface area contributed by atoms with Crippen LogP contribution in [-0.4, -0.2) is 19.1 Å². The van der Waals surface area contributed by atoms with Crippen LogP contribution in [0.3, 0.4) is 0 Å². The van der Waals surface area contributed by atoms with Crippen LogP contribution >= 0.6 is 0 Å². The van der Waals surface area contributed by atoms with Gasteiger partial charge in [0.15, 0.2) is 5.69 Å². The molecule has 8 aromatic carbocycles. The van der Waals surface area contributed by atoms with E-state index in [1.54, 1.807) is 0 Å². The SMILES string of the molecule is N#Cc1nc(-n2c3ccccc3c3cc(-c4ccc5c(c4)c4ccccc4n5-c4ccc(-c5cccc6ccccc56)cc4)ccc32)nc2ccccc12. The van der Waals surface area contributed by atoms with Gasteiger partial charge in [0.1, 0.15) is 6.07 Å². The van der Waals surface area contributed by atoms with E-state index < -0.39 is 0 Å². The molecule has 0 fully saturated rings. The highest BCUT2D eigenvalue weighted by Crippen LogP contribution is 2.39. The first kappa shape index (κ1) is 30.1. The predicted octanol–water partition coefficient (Wildman–Crippen LogP) is 12.2. The lowest BCUT2D eigenvalue weighted by Crippen LogP contribution is -2.03. The zero-order chi connectivity index (χ0) is 35.8. The summed E-state index contributed by atoms with van der Waals surface area (Å²) in [5, 5.41) is 17.9. The van der Waals surface area contributed by atoms with E-state index >= 15 is 0 Å². The lowest BCUT2D eigenvalue weighted by Gasteiger charge is -2.11. The second kappa shape index (κ2) is 11.7. The van der Waals surface area contributed by atoms with Crippen LogP contribution in [0.25, 0.3) is 99.2 Å². The van der Waals surface area contributed by atoms with Gasteiger partial charge in [0.25, 0.3) is 0 Å². The molecule has 0 spiro atoms. The molecule has 5 nitrogen and oxygen atoms in total. The summed E-state index contributed by atoms with van der Waals surface area (Å²) >= 11 is 0. The molecule has 0 amide bonds. The summed E-state index contributed by atoms with van der Waals surface area (Å²) in [6.45, 7) is 0. The standard InChI is InChI=1S/C49H29N5/c50-30-44-40-15-3-6-17-43(40)51-49(52-44)54-46-19-8-5-14-39(46)42-29-34(23-27-48(42)54)33-22-26-47-41(28-33)38-13-4-7-18-45(38)53(47)35-24-20-32(21-25-35)37-16-9-11-31-10-1-2-12-36(31)37/h1-29H. The van der Waals surface area contributed by atoms with Crippen molar-refractivity contribution in [3.05, 3.63) is 182 Å². The zero-order valence-electron chi connectivity index (χ0n) is 29.0. The largest absolute Gasteiger partial charge is 0.309 e. The van der Waals surface area contributed by atoms with E-state index in [0.717, 1.165) is 55.0 Å². The van der Waals surface area contributed by atoms with Gasteiger partial charge in [0, 0.05) is 32.6 Å². The second-order valence-corrected chi connectivity index (χ2v) is 13.7. The molecular weight excluding hydrogens is 659 g/mol. The first-order chi connectivity index (χ1) is 26.7. The Bertz CT molecular complexity index is 3340. The van der Waals surface area contributed by atoms with Crippen LogP contribution in [0, 0.1) is 11.3 Å². The average Bonchev–Trinajstić information content (AvgIpc) is 3.75. The Morgan fingerprint density at radius 2 is 0.944 bits per heavy atom. The molecule has 0 radical (unpaired) electrons. The van der Waals surface area contributed by atoms with E-state index in [9.17, 15) is 5.26 Å². The van der Waals surface area contributed by atoms with Crippen molar-refractivity contribution in [3.8, 4) is 40.0 Å². The number of hydrogen-bond donors (Lipinski definition) is 0. The normalized spacial score (nSPS) is 11.7. The number of hydrogen-bond acceptors (Lipinski definition) is 3. The van der Waals surface area contributed by atoms with Crippen LogP contribution < -0.4 is 0 Å². The summed E-state index contributed by atoms with van der Waals surface area (Å²) in [5.41, 5.74) is 11.3. The average molecular weight is 688 g/mol. The summed E-state index contributed by atoms with van der Waals surface area (Å²) in [6.07, 6.45) is 0. The molecule has 5 heteroatoms. The van der Waals surface area contributed by atoms with Crippen LogP contribution in [0.1, 0.15) is 5.69 Å². The minimum absolute atomic E-state index is 0.367. The second-order valence-electron chi connectivity index (χ2n) is 13.7. The first-order valence-electron chi connectivity index (χ1n) is 18.1. The third-order valence-corrected chi connectivity index (χ3v) is 10.8. The third-order valence-electron chi connectivity index (χ3n) is 10.8. The minimum atomic E-state index is 0.367. The van der Waals surface area contributed by atoms with Gasteiger partial charge in [-0.2, -0.15) is 5.26 Å². The predicted molar refractivity (Wildman–Crippen MR) is 221 cm³/mol. The minimum Gasteiger partial charge on any atom is -0.309 e. The van der Waals surface area contributed by atoms with Gasteiger partial charge < -0.3 is 4.57 Å². The Hall–Kier alpha value is -7.55. The molecule has 0 N–H and O–H groups in total. The smallest absolute Gasteiger partial charge is 0.236 e. The van der Waals surface area contributed by atoms with Crippen molar-refractivity contribution in [1.29, 1.82) is 5.26 Å². The van der Waals surface area contributed by atoms with Crippen LogP contribution in [0.5, 0.6) is 0 Å². The maximum atomic E-state index is 9.99. The fourth-order valence-corrected chi connectivity index (χ4v) is 8.32. The van der Waals surface area contributed by atoms with Crippen molar-refractivity contribution in [2.24, 2.45) is 0 Å². The van der Waals surface area contributed by atoms with Gasteiger partial charge in [-0.3, -0.25) is 4.57 Å². The summed E-state index contributed by atoms with van der Waals surface area (Å²) in [6, 6.07) is 64.4. The lowest BCUT2D eigenvalue weighted by molar-refractivity contribution is 1.00. The van der Waals surface area contributed by atoms with Gasteiger partial charge in [-0.05, 0) is 93.7 Å². The van der Waals surface area contributed by atoms with Crippen molar-refractivity contribution < 1.29 is 0 Å². The Kier molecular flexibility index (Phi) is 6.55. The monoisotopic (exact) mass is 687 g/mol. The summed E-state index contributed by atoms with van der Waals surface area (Å²) in [7, 11) is 0. The number of nitriles is 1. The topological polar surface area (TPSA) is 59.4 Å². The van der Waals surface area contributed by atoms with E-state index in [1.807, 2.05) is 30.3 Å². The Balaban J connectivity index is 1.04. The Morgan fingerprint density at radius 1 is 0.407 bits per heavy atom. The van der Waals surface area contributed by atoms with Gasteiger partial charge in [-0.25, -0.2) is 9.97 Å². The van der Waals surface area contributed by atoms with Crippen LogP contribution in [-0.2, 0) is 0 Å². The number of fused-ring (bicyclic) bond motifs is 8. The van der Waals surface area contributed by atoms with Gasteiger partial charge >= 0.3 is 0 Å². The van der Waals surface area contributed by atoms with Crippen molar-refractivity contribution >= 4 is 65.3 Å². The van der Waals surface area contributed by atoms with E-state index in [-0.39, 0.29) is 0 Å². The van der Waals surface area contributed by atoms with E-state index in [1.165, 1.54) is 38.2 Å². The molecular formula is C49H29N5. The summed E-state index contributed by atoms with van der Waals surface area (Å²) in [4.78, 5) is 9.68. The molecule has 250 valence electrons. The van der Waals surface area contributed by atoms with Crippen molar-refractivity contribution in [3.63, 3.8) is 0 Å². The fraction of sp³-hybridized carbons (Fsp3) is 0. The van der Waals surface area contributed by atoms with Crippen LogP contribution in [0.2, 0.25) is 0 Å².